The van der Waals surface area contributed by atoms with Crippen molar-refractivity contribution in [3.8, 4) is 0 Å². The fraction of sp³-hybridized carbons (Fsp3) is 0.500. The lowest BCUT2D eigenvalue weighted by Gasteiger charge is -2.23. The van der Waals surface area contributed by atoms with Gasteiger partial charge < -0.3 is 10.2 Å². The Labute approximate surface area is 128 Å². The normalized spacial score (nSPS) is 25.0. The van der Waals surface area contributed by atoms with E-state index in [1.54, 1.807) is 4.90 Å². The molecule has 3 nitrogen and oxygen atoms in total. The van der Waals surface area contributed by atoms with Gasteiger partial charge in [0.2, 0.25) is 0 Å². The molecule has 1 spiro atoms. The van der Waals surface area contributed by atoms with Crippen LogP contribution in [0.25, 0.3) is 0 Å². The average molecular weight is 319 g/mol. The molecule has 6 heteroatoms. The lowest BCUT2D eigenvalue weighted by Crippen LogP contribution is -2.33. The minimum absolute atomic E-state index is 0. The van der Waals surface area contributed by atoms with Crippen LogP contribution in [0.15, 0.2) is 18.2 Å². The van der Waals surface area contributed by atoms with Crippen LogP contribution in [0, 0.1) is 11.2 Å². The molecule has 0 aliphatic carbocycles. The van der Waals surface area contributed by atoms with E-state index >= 15 is 0 Å². The van der Waals surface area contributed by atoms with E-state index in [1.165, 1.54) is 18.2 Å². The second-order valence-electron chi connectivity index (χ2n) is 5.53. The van der Waals surface area contributed by atoms with Crippen LogP contribution in [-0.2, 0) is 0 Å². The van der Waals surface area contributed by atoms with E-state index in [1.807, 2.05) is 0 Å². The Morgan fingerprint density at radius 2 is 2.20 bits per heavy atom. The summed E-state index contributed by atoms with van der Waals surface area (Å²) >= 11 is 5.84. The number of hydrogen-bond acceptors (Lipinski definition) is 2. The van der Waals surface area contributed by atoms with Crippen LogP contribution in [0.4, 0.5) is 4.39 Å². The third kappa shape index (κ3) is 2.78. The zero-order valence-corrected chi connectivity index (χ0v) is 12.6. The Hall–Kier alpha value is -0.840. The van der Waals surface area contributed by atoms with Gasteiger partial charge in [-0.1, -0.05) is 11.6 Å². The molecule has 2 fully saturated rings. The first-order chi connectivity index (χ1) is 9.10. The summed E-state index contributed by atoms with van der Waals surface area (Å²) in [5, 5.41) is 3.73. The van der Waals surface area contributed by atoms with Crippen LogP contribution in [0.1, 0.15) is 23.2 Å². The minimum Gasteiger partial charge on any atom is -0.338 e. The second kappa shape index (κ2) is 5.88. The molecule has 1 N–H and O–H groups in total. The molecule has 1 aromatic carbocycles. The molecule has 0 radical (unpaired) electrons. The lowest BCUT2D eigenvalue weighted by atomic mass is 9.86. The van der Waals surface area contributed by atoms with E-state index in [0.29, 0.717) is 18.1 Å². The molecule has 3 rings (SSSR count). The SMILES string of the molecule is Cl.O=C(c1cc(Cl)ccc1F)N1CCC2(CCNC2)C1. The summed E-state index contributed by atoms with van der Waals surface area (Å²) in [6.45, 7) is 3.37. The van der Waals surface area contributed by atoms with E-state index < -0.39 is 5.82 Å². The largest absolute Gasteiger partial charge is 0.338 e. The molecule has 1 unspecified atom stereocenters. The molecule has 1 amide bonds. The van der Waals surface area contributed by atoms with Crippen molar-refractivity contribution < 1.29 is 9.18 Å². The Bertz CT molecular complexity index is 518. The van der Waals surface area contributed by atoms with Gasteiger partial charge in [0.15, 0.2) is 0 Å². The first-order valence-corrected chi connectivity index (χ1v) is 6.93. The molecule has 0 saturated carbocycles. The zero-order chi connectivity index (χ0) is 13.5. The zero-order valence-electron chi connectivity index (χ0n) is 11.0. The van der Waals surface area contributed by atoms with Gasteiger partial charge in [-0.2, -0.15) is 0 Å². The molecule has 0 bridgehead atoms. The lowest BCUT2D eigenvalue weighted by molar-refractivity contribution is 0.0771. The highest BCUT2D eigenvalue weighted by molar-refractivity contribution is 6.31. The summed E-state index contributed by atoms with van der Waals surface area (Å²) in [6, 6.07) is 4.12. The van der Waals surface area contributed by atoms with Crippen molar-refractivity contribution in [1.82, 2.24) is 10.2 Å². The van der Waals surface area contributed by atoms with Gasteiger partial charge in [0.25, 0.3) is 5.91 Å². The maximum absolute atomic E-state index is 13.7. The average Bonchev–Trinajstić information content (AvgIpc) is 3.03. The highest BCUT2D eigenvalue weighted by atomic mass is 35.5. The molecule has 2 saturated heterocycles. The molecule has 2 aliphatic heterocycles. The van der Waals surface area contributed by atoms with Crippen molar-refractivity contribution in [3.63, 3.8) is 0 Å². The van der Waals surface area contributed by atoms with Crippen LogP contribution < -0.4 is 5.32 Å². The quantitative estimate of drug-likeness (QED) is 0.863. The smallest absolute Gasteiger partial charge is 0.256 e. The van der Waals surface area contributed by atoms with Gasteiger partial charge in [-0.3, -0.25) is 4.79 Å². The Kier molecular flexibility index (Phi) is 4.57. The highest BCUT2D eigenvalue weighted by Crippen LogP contribution is 2.36. The molecule has 110 valence electrons. The van der Waals surface area contributed by atoms with Crippen molar-refractivity contribution in [3.05, 3.63) is 34.6 Å². The molecule has 20 heavy (non-hydrogen) atoms. The van der Waals surface area contributed by atoms with E-state index in [-0.39, 0.29) is 29.3 Å². The third-order valence-corrected chi connectivity index (χ3v) is 4.45. The summed E-state index contributed by atoms with van der Waals surface area (Å²) in [6.07, 6.45) is 2.09. The van der Waals surface area contributed by atoms with Gasteiger partial charge in [0.1, 0.15) is 5.82 Å². The first-order valence-electron chi connectivity index (χ1n) is 6.55. The van der Waals surface area contributed by atoms with Gasteiger partial charge in [-0.15, -0.1) is 12.4 Å². The number of halogens is 3. The Balaban J connectivity index is 0.00000147. The van der Waals surface area contributed by atoms with Crippen LogP contribution in [0.5, 0.6) is 0 Å². The summed E-state index contributed by atoms with van der Waals surface area (Å²) < 4.78 is 13.7. The summed E-state index contributed by atoms with van der Waals surface area (Å²) in [5.41, 5.74) is 0.278. The predicted molar refractivity (Wildman–Crippen MR) is 79.1 cm³/mol. The van der Waals surface area contributed by atoms with Crippen molar-refractivity contribution in [2.75, 3.05) is 26.2 Å². The number of nitrogens with one attached hydrogen (secondary N) is 1. The van der Waals surface area contributed by atoms with Crippen molar-refractivity contribution in [2.45, 2.75) is 12.8 Å². The molecule has 2 heterocycles. The van der Waals surface area contributed by atoms with Gasteiger partial charge in [-0.05, 0) is 37.6 Å². The summed E-state index contributed by atoms with van der Waals surface area (Å²) in [4.78, 5) is 14.1. The van der Waals surface area contributed by atoms with E-state index in [0.717, 1.165) is 25.9 Å². The minimum atomic E-state index is -0.500. The number of nitrogens with zero attached hydrogens (tertiary/aromatic N) is 1. The van der Waals surface area contributed by atoms with Crippen LogP contribution in [-0.4, -0.2) is 37.0 Å². The summed E-state index contributed by atoms with van der Waals surface area (Å²) in [7, 11) is 0. The molecule has 0 aromatic heterocycles. The van der Waals surface area contributed by atoms with Gasteiger partial charge >= 0.3 is 0 Å². The van der Waals surface area contributed by atoms with Gasteiger partial charge in [0.05, 0.1) is 5.56 Å². The number of amides is 1. The van der Waals surface area contributed by atoms with Gasteiger partial charge in [-0.25, -0.2) is 4.39 Å². The van der Waals surface area contributed by atoms with Crippen LogP contribution in [0.3, 0.4) is 0 Å². The van der Waals surface area contributed by atoms with E-state index in [4.69, 9.17) is 11.6 Å². The third-order valence-electron chi connectivity index (χ3n) is 4.22. The van der Waals surface area contributed by atoms with Crippen molar-refractivity contribution in [2.24, 2.45) is 5.41 Å². The van der Waals surface area contributed by atoms with Crippen molar-refractivity contribution in [1.29, 1.82) is 0 Å². The molecule has 1 aromatic rings. The number of carbonyl (C=O) groups excluding carboxylic acids is 1. The molecular formula is C14H17Cl2FN2O. The van der Waals surface area contributed by atoms with E-state index in [9.17, 15) is 9.18 Å². The van der Waals surface area contributed by atoms with Crippen molar-refractivity contribution >= 4 is 29.9 Å². The molecule has 2 aliphatic rings. The number of likely N-dealkylation sites (tertiary alicyclic amines) is 1. The number of benzene rings is 1. The number of carbonyl (C=O) groups is 1. The molecule has 1 atom stereocenters. The Morgan fingerprint density at radius 3 is 2.90 bits per heavy atom. The Morgan fingerprint density at radius 1 is 1.40 bits per heavy atom. The monoisotopic (exact) mass is 318 g/mol. The van der Waals surface area contributed by atoms with Crippen LogP contribution >= 0.6 is 24.0 Å². The van der Waals surface area contributed by atoms with Crippen LogP contribution in [0.2, 0.25) is 5.02 Å². The first kappa shape index (κ1) is 15.5. The topological polar surface area (TPSA) is 32.3 Å². The number of rotatable bonds is 1. The van der Waals surface area contributed by atoms with Gasteiger partial charge in [0, 0.05) is 30.1 Å². The highest BCUT2D eigenvalue weighted by Gasteiger charge is 2.42. The van der Waals surface area contributed by atoms with E-state index in [2.05, 4.69) is 5.32 Å². The maximum atomic E-state index is 13.7. The maximum Gasteiger partial charge on any atom is 0.256 e. The molecular weight excluding hydrogens is 302 g/mol. The number of hydrogen-bond donors (Lipinski definition) is 1. The summed E-state index contributed by atoms with van der Waals surface area (Å²) in [5.74, 6) is -0.747. The fourth-order valence-corrected chi connectivity index (χ4v) is 3.26. The fourth-order valence-electron chi connectivity index (χ4n) is 3.08. The second-order valence-corrected chi connectivity index (χ2v) is 5.96. The predicted octanol–water partition coefficient (Wildman–Crippen LogP) is 2.73. The standard InChI is InChI=1S/C14H16ClFN2O.ClH/c15-10-1-2-12(16)11(7-10)13(19)18-6-4-14(9-18)3-5-17-8-14;/h1-2,7,17H,3-6,8-9H2;1H.